The molecule has 0 bridgehead atoms. The molecule has 0 fully saturated rings. The zero-order valence-electron chi connectivity index (χ0n) is 24.5. The minimum absolute atomic E-state index is 0.514. The fourth-order valence-electron chi connectivity index (χ4n) is 7.36. The molecular weight excluding hydrogens is 565 g/mol. The second kappa shape index (κ2) is 10.4. The van der Waals surface area contributed by atoms with E-state index in [0.29, 0.717) is 0 Å². The largest absolute Gasteiger partial charge is 0.309 e. The van der Waals surface area contributed by atoms with Crippen LogP contribution in [-0.2, 0) is 5.41 Å². The van der Waals surface area contributed by atoms with Gasteiger partial charge in [0.25, 0.3) is 0 Å². The highest BCUT2D eigenvalue weighted by atomic mass is 32.2. The normalized spacial score (nSPS) is 13.2. The van der Waals surface area contributed by atoms with Crippen LogP contribution in [0.25, 0.3) is 38.6 Å². The van der Waals surface area contributed by atoms with E-state index in [2.05, 4.69) is 168 Å². The molecule has 2 nitrogen and oxygen atoms in total. The maximum atomic E-state index is 5.05. The molecular formula is C42H28N2S. The van der Waals surface area contributed by atoms with Crippen molar-refractivity contribution in [3.05, 3.63) is 192 Å². The number of hydrogen-bond acceptors (Lipinski definition) is 2. The van der Waals surface area contributed by atoms with Crippen molar-refractivity contribution in [3.8, 4) is 16.8 Å². The summed E-state index contributed by atoms with van der Waals surface area (Å²) in [5.41, 5.74) is 10.6. The fourth-order valence-corrected chi connectivity index (χ4v) is 8.13. The third-order valence-corrected chi connectivity index (χ3v) is 10.2. The summed E-state index contributed by atoms with van der Waals surface area (Å²) in [5, 5.41) is 3.49. The van der Waals surface area contributed by atoms with Crippen molar-refractivity contribution in [3.63, 3.8) is 0 Å². The number of nitrogens with zero attached hydrogens (tertiary/aromatic N) is 2. The lowest BCUT2D eigenvalue weighted by atomic mass is 9.68. The van der Waals surface area contributed by atoms with Crippen molar-refractivity contribution in [1.29, 1.82) is 0 Å². The van der Waals surface area contributed by atoms with Crippen LogP contribution in [0.15, 0.2) is 180 Å². The van der Waals surface area contributed by atoms with Crippen molar-refractivity contribution >= 4 is 33.6 Å². The molecule has 0 saturated carbocycles. The summed E-state index contributed by atoms with van der Waals surface area (Å²) < 4.78 is 2.38. The molecule has 2 aromatic heterocycles. The Kier molecular flexibility index (Phi) is 6.00. The van der Waals surface area contributed by atoms with E-state index in [0.717, 1.165) is 5.03 Å². The van der Waals surface area contributed by atoms with Crippen molar-refractivity contribution in [2.75, 3.05) is 0 Å². The highest BCUT2D eigenvalue weighted by Gasteiger charge is 2.46. The van der Waals surface area contributed by atoms with Gasteiger partial charge in [-0.05, 0) is 81.9 Å². The Morgan fingerprint density at radius 2 is 1.09 bits per heavy atom. The standard InChI is InChI=1S/C42H28N2S/c1-3-13-31(14-4-1)44-39-22-12-9-19-35(39)36-27-29(23-25-40(36)44)42(30-24-26-41(43-28-30)45-32-15-5-2-6-16-32)37-20-10-7-17-33(37)34-18-8-11-21-38(34)42/h1-28H. The van der Waals surface area contributed by atoms with Crippen molar-refractivity contribution in [1.82, 2.24) is 9.55 Å². The summed E-state index contributed by atoms with van der Waals surface area (Å²) in [6, 6.07) is 59.2. The lowest BCUT2D eigenvalue weighted by molar-refractivity contribution is 0.760. The second-order valence-corrected chi connectivity index (χ2v) is 12.7. The molecule has 3 heteroatoms. The lowest BCUT2D eigenvalue weighted by Gasteiger charge is -2.33. The van der Waals surface area contributed by atoms with Gasteiger partial charge in [0.2, 0.25) is 0 Å². The predicted octanol–water partition coefficient (Wildman–Crippen LogP) is 10.7. The van der Waals surface area contributed by atoms with Gasteiger partial charge >= 0.3 is 0 Å². The van der Waals surface area contributed by atoms with E-state index in [4.69, 9.17) is 4.98 Å². The minimum Gasteiger partial charge on any atom is -0.309 e. The highest BCUT2D eigenvalue weighted by Crippen LogP contribution is 2.56. The Hall–Kier alpha value is -5.38. The van der Waals surface area contributed by atoms with Gasteiger partial charge in [-0.1, -0.05) is 127 Å². The number of para-hydroxylation sites is 2. The SMILES string of the molecule is c1ccc(Sc2ccc(C3(c4ccc5c(c4)c4ccccc4n5-c4ccccc4)c4ccccc4-c4ccccc43)cn2)cc1. The van der Waals surface area contributed by atoms with Gasteiger partial charge in [0.1, 0.15) is 5.03 Å². The second-order valence-electron chi connectivity index (χ2n) is 11.6. The molecule has 0 radical (unpaired) electrons. The van der Waals surface area contributed by atoms with Gasteiger partial charge in [0.05, 0.1) is 16.4 Å². The van der Waals surface area contributed by atoms with Gasteiger partial charge < -0.3 is 4.57 Å². The Morgan fingerprint density at radius 3 is 1.80 bits per heavy atom. The van der Waals surface area contributed by atoms with Gasteiger partial charge in [-0.25, -0.2) is 4.98 Å². The Balaban J connectivity index is 1.32. The van der Waals surface area contributed by atoms with Gasteiger partial charge in [-0.15, -0.1) is 0 Å². The molecule has 0 spiro atoms. The van der Waals surface area contributed by atoms with Gasteiger partial charge in [0.15, 0.2) is 0 Å². The van der Waals surface area contributed by atoms with Crippen LogP contribution >= 0.6 is 11.8 Å². The van der Waals surface area contributed by atoms with Gasteiger partial charge in [-0.2, -0.15) is 0 Å². The Bertz CT molecular complexity index is 2290. The van der Waals surface area contributed by atoms with Crippen LogP contribution in [0.3, 0.4) is 0 Å². The Labute approximate surface area is 266 Å². The van der Waals surface area contributed by atoms with E-state index in [1.165, 1.54) is 65.8 Å². The summed E-state index contributed by atoms with van der Waals surface area (Å²) in [7, 11) is 0. The zero-order chi connectivity index (χ0) is 29.8. The third kappa shape index (κ3) is 3.94. The number of hydrogen-bond donors (Lipinski definition) is 0. The minimum atomic E-state index is -0.514. The molecule has 0 amide bonds. The maximum Gasteiger partial charge on any atom is 0.101 e. The van der Waals surface area contributed by atoms with Crippen molar-refractivity contribution in [2.45, 2.75) is 15.3 Å². The van der Waals surface area contributed by atoms with Crippen LogP contribution in [0.1, 0.15) is 22.3 Å². The van der Waals surface area contributed by atoms with Crippen molar-refractivity contribution in [2.24, 2.45) is 0 Å². The lowest BCUT2D eigenvalue weighted by Crippen LogP contribution is -2.28. The van der Waals surface area contributed by atoms with E-state index in [1.807, 2.05) is 6.07 Å². The molecule has 0 unspecified atom stereocenters. The molecule has 9 rings (SSSR count). The quantitative estimate of drug-likeness (QED) is 0.198. The molecule has 45 heavy (non-hydrogen) atoms. The number of fused-ring (bicyclic) bond motifs is 6. The first-order valence-electron chi connectivity index (χ1n) is 15.3. The van der Waals surface area contributed by atoms with E-state index < -0.39 is 5.41 Å². The van der Waals surface area contributed by atoms with Crippen LogP contribution < -0.4 is 0 Å². The van der Waals surface area contributed by atoms with Crippen molar-refractivity contribution < 1.29 is 0 Å². The smallest absolute Gasteiger partial charge is 0.101 e. The van der Waals surface area contributed by atoms with Crippen LogP contribution in [0.5, 0.6) is 0 Å². The third-order valence-electron chi connectivity index (χ3n) is 9.21. The molecule has 0 N–H and O–H groups in total. The summed E-state index contributed by atoms with van der Waals surface area (Å²) in [6.07, 6.45) is 2.10. The average Bonchev–Trinajstić information content (AvgIpc) is 3.60. The van der Waals surface area contributed by atoms with Crippen LogP contribution in [0.2, 0.25) is 0 Å². The number of pyridine rings is 1. The molecule has 6 aromatic carbocycles. The summed E-state index contributed by atoms with van der Waals surface area (Å²) in [4.78, 5) is 6.23. The van der Waals surface area contributed by atoms with Gasteiger partial charge in [0, 0.05) is 27.6 Å². The maximum absolute atomic E-state index is 5.05. The number of rotatable bonds is 5. The van der Waals surface area contributed by atoms with Crippen LogP contribution in [0, 0.1) is 0 Å². The summed E-state index contributed by atoms with van der Waals surface area (Å²) in [6.45, 7) is 0. The number of aromatic nitrogens is 2. The first-order chi connectivity index (χ1) is 22.3. The molecule has 8 aromatic rings. The summed E-state index contributed by atoms with van der Waals surface area (Å²) in [5.74, 6) is 0. The first-order valence-corrected chi connectivity index (χ1v) is 16.1. The fraction of sp³-hybridized carbons (Fsp3) is 0.0238. The van der Waals surface area contributed by atoms with Gasteiger partial charge in [-0.3, -0.25) is 0 Å². The van der Waals surface area contributed by atoms with E-state index in [9.17, 15) is 0 Å². The molecule has 1 aliphatic carbocycles. The van der Waals surface area contributed by atoms with E-state index >= 15 is 0 Å². The number of benzene rings is 6. The van der Waals surface area contributed by atoms with E-state index in [1.54, 1.807) is 11.8 Å². The summed E-state index contributed by atoms with van der Waals surface area (Å²) >= 11 is 1.69. The highest BCUT2D eigenvalue weighted by molar-refractivity contribution is 7.99. The average molecular weight is 593 g/mol. The molecule has 0 atom stereocenters. The van der Waals surface area contributed by atoms with Crippen LogP contribution in [0.4, 0.5) is 0 Å². The monoisotopic (exact) mass is 592 g/mol. The zero-order valence-corrected chi connectivity index (χ0v) is 25.3. The Morgan fingerprint density at radius 1 is 0.489 bits per heavy atom. The van der Waals surface area contributed by atoms with E-state index in [-0.39, 0.29) is 0 Å². The topological polar surface area (TPSA) is 17.8 Å². The molecule has 0 aliphatic heterocycles. The first kappa shape index (κ1) is 26.1. The molecule has 1 aliphatic rings. The molecule has 212 valence electrons. The van der Waals surface area contributed by atoms with Crippen LogP contribution in [-0.4, -0.2) is 9.55 Å². The molecule has 2 heterocycles. The predicted molar refractivity (Wildman–Crippen MR) is 186 cm³/mol. The molecule has 0 saturated heterocycles.